The second-order valence-electron chi connectivity index (χ2n) is 4.78. The maximum absolute atomic E-state index is 5.81. The Kier molecular flexibility index (Phi) is 6.81. The van der Waals surface area contributed by atoms with Crippen LogP contribution in [0.15, 0.2) is 24.3 Å². The molecule has 1 aromatic rings. The van der Waals surface area contributed by atoms with Gasteiger partial charge in [0.1, 0.15) is 5.75 Å². The number of aryl methyl sites for hydroxylation is 1. The fourth-order valence-corrected chi connectivity index (χ4v) is 2.34. The van der Waals surface area contributed by atoms with Crippen LogP contribution in [0, 0.1) is 0 Å². The van der Waals surface area contributed by atoms with Crippen LogP contribution < -0.4 is 10.1 Å². The van der Waals surface area contributed by atoms with Crippen molar-refractivity contribution in [3.05, 3.63) is 29.8 Å². The standard InChI is InChI=1S/C15H23NO.CH4.H2/c1-2-13-6-5-8-15(12-13)17-11-9-14-7-3-4-10-16-14;;/h5-6,8,12,14,16H,2-4,7,9-11H2,1H3;1H4;1H. The van der Waals surface area contributed by atoms with E-state index in [0.29, 0.717) is 6.04 Å². The summed E-state index contributed by atoms with van der Waals surface area (Å²) in [6.07, 6.45) is 6.19. The predicted octanol–water partition coefficient (Wildman–Crippen LogP) is 4.04. The monoisotopic (exact) mass is 251 g/mol. The SMILES string of the molecule is C.CCc1cccc(OCCC2CCCCN2)c1.[HH]. The van der Waals surface area contributed by atoms with E-state index < -0.39 is 0 Å². The Morgan fingerprint density at radius 3 is 3.00 bits per heavy atom. The zero-order valence-corrected chi connectivity index (χ0v) is 10.7. The lowest BCUT2D eigenvalue weighted by Crippen LogP contribution is -2.35. The molecule has 0 aromatic heterocycles. The molecule has 0 aliphatic carbocycles. The first-order chi connectivity index (χ1) is 8.38. The van der Waals surface area contributed by atoms with E-state index in [9.17, 15) is 0 Å². The summed E-state index contributed by atoms with van der Waals surface area (Å²) in [6, 6.07) is 9.09. The minimum absolute atomic E-state index is 0. The summed E-state index contributed by atoms with van der Waals surface area (Å²) in [5.41, 5.74) is 1.35. The molecule has 18 heavy (non-hydrogen) atoms. The molecule has 104 valence electrons. The van der Waals surface area contributed by atoms with Crippen molar-refractivity contribution in [1.29, 1.82) is 0 Å². The van der Waals surface area contributed by atoms with Crippen LogP contribution in [0.25, 0.3) is 0 Å². The van der Waals surface area contributed by atoms with Crippen LogP contribution in [-0.4, -0.2) is 19.2 Å². The fourth-order valence-electron chi connectivity index (χ4n) is 2.34. The van der Waals surface area contributed by atoms with Gasteiger partial charge in [-0.2, -0.15) is 0 Å². The second kappa shape index (κ2) is 8.15. The molecule has 1 atom stereocenters. The number of benzene rings is 1. The Morgan fingerprint density at radius 2 is 2.28 bits per heavy atom. The molecule has 1 heterocycles. The van der Waals surface area contributed by atoms with E-state index in [4.69, 9.17) is 4.74 Å². The summed E-state index contributed by atoms with van der Waals surface area (Å²) in [5, 5.41) is 3.55. The molecule has 2 nitrogen and oxygen atoms in total. The largest absolute Gasteiger partial charge is 0.494 e. The number of piperidine rings is 1. The van der Waals surface area contributed by atoms with E-state index in [1.807, 2.05) is 6.07 Å². The van der Waals surface area contributed by atoms with Gasteiger partial charge in [0.05, 0.1) is 6.61 Å². The summed E-state index contributed by atoms with van der Waals surface area (Å²) in [7, 11) is 0. The summed E-state index contributed by atoms with van der Waals surface area (Å²) >= 11 is 0. The number of nitrogens with one attached hydrogen (secondary N) is 1. The van der Waals surface area contributed by atoms with Crippen molar-refractivity contribution < 1.29 is 6.16 Å². The number of rotatable bonds is 5. The zero-order valence-electron chi connectivity index (χ0n) is 10.7. The Bertz CT molecular complexity index is 337. The highest BCUT2D eigenvalue weighted by Crippen LogP contribution is 2.15. The molecule has 1 unspecified atom stereocenters. The van der Waals surface area contributed by atoms with Gasteiger partial charge in [-0.3, -0.25) is 0 Å². The molecule has 1 aliphatic heterocycles. The second-order valence-corrected chi connectivity index (χ2v) is 4.78. The average molecular weight is 251 g/mol. The molecular weight excluding hydrogens is 222 g/mol. The highest BCUT2D eigenvalue weighted by molar-refractivity contribution is 5.28. The van der Waals surface area contributed by atoms with Gasteiger partial charge in [0.25, 0.3) is 0 Å². The van der Waals surface area contributed by atoms with Crippen LogP contribution in [0.1, 0.15) is 47.0 Å². The van der Waals surface area contributed by atoms with Crippen LogP contribution in [0.2, 0.25) is 0 Å². The Morgan fingerprint density at radius 1 is 1.39 bits per heavy atom. The minimum atomic E-state index is 0. The molecule has 2 heteroatoms. The summed E-state index contributed by atoms with van der Waals surface area (Å²) in [4.78, 5) is 0. The van der Waals surface area contributed by atoms with Gasteiger partial charge in [-0.25, -0.2) is 0 Å². The summed E-state index contributed by atoms with van der Waals surface area (Å²) in [6.45, 7) is 4.17. The highest BCUT2D eigenvalue weighted by atomic mass is 16.5. The summed E-state index contributed by atoms with van der Waals surface area (Å²) in [5.74, 6) is 1.01. The third-order valence-electron chi connectivity index (χ3n) is 3.45. The van der Waals surface area contributed by atoms with Crippen LogP contribution in [0.3, 0.4) is 0 Å². The number of hydrogen-bond acceptors (Lipinski definition) is 2. The van der Waals surface area contributed by atoms with E-state index in [1.54, 1.807) is 0 Å². The molecule has 0 radical (unpaired) electrons. The van der Waals surface area contributed by atoms with E-state index in [1.165, 1.54) is 31.4 Å². The van der Waals surface area contributed by atoms with Crippen LogP contribution in [0.5, 0.6) is 5.75 Å². The van der Waals surface area contributed by atoms with Crippen molar-refractivity contribution in [2.75, 3.05) is 13.2 Å². The van der Waals surface area contributed by atoms with Crippen molar-refractivity contribution in [3.63, 3.8) is 0 Å². The van der Waals surface area contributed by atoms with Gasteiger partial charge >= 0.3 is 0 Å². The van der Waals surface area contributed by atoms with Gasteiger partial charge in [-0.15, -0.1) is 0 Å². The smallest absolute Gasteiger partial charge is 0.119 e. The Balaban J connectivity index is 0.00000162. The Hall–Kier alpha value is -1.02. The molecule has 1 saturated heterocycles. The van der Waals surface area contributed by atoms with E-state index in [-0.39, 0.29) is 8.85 Å². The maximum Gasteiger partial charge on any atom is 0.119 e. The molecule has 0 saturated carbocycles. The third-order valence-corrected chi connectivity index (χ3v) is 3.45. The van der Waals surface area contributed by atoms with Crippen LogP contribution in [0.4, 0.5) is 0 Å². The van der Waals surface area contributed by atoms with Gasteiger partial charge in [-0.1, -0.05) is 32.9 Å². The normalized spacial score (nSPS) is 19.1. The first kappa shape index (κ1) is 15.0. The van der Waals surface area contributed by atoms with E-state index in [2.05, 4.69) is 30.4 Å². The molecule has 0 amide bonds. The van der Waals surface area contributed by atoms with Gasteiger partial charge in [0.15, 0.2) is 0 Å². The zero-order chi connectivity index (χ0) is 11.9. The van der Waals surface area contributed by atoms with Gasteiger partial charge < -0.3 is 10.1 Å². The lowest BCUT2D eigenvalue weighted by Gasteiger charge is -2.23. The Labute approximate surface area is 113 Å². The minimum Gasteiger partial charge on any atom is -0.494 e. The van der Waals surface area contributed by atoms with Crippen molar-refractivity contribution in [2.45, 2.75) is 52.5 Å². The first-order valence-corrected chi connectivity index (χ1v) is 6.83. The lowest BCUT2D eigenvalue weighted by molar-refractivity contribution is 0.268. The average Bonchev–Trinajstić information content (AvgIpc) is 2.40. The van der Waals surface area contributed by atoms with E-state index >= 15 is 0 Å². The maximum atomic E-state index is 5.81. The van der Waals surface area contributed by atoms with Gasteiger partial charge in [0.2, 0.25) is 0 Å². The van der Waals surface area contributed by atoms with E-state index in [0.717, 1.165) is 25.2 Å². The number of ether oxygens (including phenoxy) is 1. The topological polar surface area (TPSA) is 21.3 Å². The van der Waals surface area contributed by atoms with Crippen molar-refractivity contribution >= 4 is 0 Å². The molecule has 0 spiro atoms. The van der Waals surface area contributed by atoms with Crippen molar-refractivity contribution in [2.24, 2.45) is 0 Å². The highest BCUT2D eigenvalue weighted by Gasteiger charge is 2.11. The predicted molar refractivity (Wildman–Crippen MR) is 80.4 cm³/mol. The number of hydrogen-bond donors (Lipinski definition) is 1. The fraction of sp³-hybridized carbons (Fsp3) is 0.625. The van der Waals surface area contributed by atoms with Crippen molar-refractivity contribution in [1.82, 2.24) is 5.32 Å². The molecule has 1 aliphatic rings. The quantitative estimate of drug-likeness (QED) is 0.852. The van der Waals surface area contributed by atoms with Crippen molar-refractivity contribution in [3.8, 4) is 5.75 Å². The third kappa shape index (κ3) is 4.69. The van der Waals surface area contributed by atoms with Crippen LogP contribution >= 0.6 is 0 Å². The molecule has 2 rings (SSSR count). The lowest BCUT2D eigenvalue weighted by atomic mass is 10.0. The molecule has 1 N–H and O–H groups in total. The van der Waals surface area contributed by atoms with Gasteiger partial charge in [-0.05, 0) is 49.9 Å². The summed E-state index contributed by atoms with van der Waals surface area (Å²) < 4.78 is 5.81. The molecule has 0 bridgehead atoms. The molecular formula is C16H29NO. The first-order valence-electron chi connectivity index (χ1n) is 6.83. The van der Waals surface area contributed by atoms with Gasteiger partial charge in [0, 0.05) is 7.47 Å². The molecule has 1 aromatic carbocycles. The van der Waals surface area contributed by atoms with Crippen LogP contribution in [-0.2, 0) is 6.42 Å². The molecule has 1 fully saturated rings.